The van der Waals surface area contributed by atoms with E-state index in [-0.39, 0.29) is 12.0 Å². The molecule has 0 aliphatic carbocycles. The Labute approximate surface area is 80.8 Å². The third-order valence-electron chi connectivity index (χ3n) is 2.17. The first kappa shape index (κ1) is 10.7. The fraction of sp³-hybridized carbons (Fsp3) is 0.300. The number of hydrogen-bond acceptors (Lipinski definition) is 2. The van der Waals surface area contributed by atoms with E-state index < -0.39 is 17.4 Å². The lowest BCUT2D eigenvalue weighted by atomic mass is 9.91. The summed E-state index contributed by atoms with van der Waals surface area (Å²) >= 11 is 0. The fourth-order valence-corrected chi connectivity index (χ4v) is 1.22. The quantitative estimate of drug-likeness (QED) is 0.773. The number of benzene rings is 1. The molecule has 0 radical (unpaired) electrons. The van der Waals surface area contributed by atoms with Crippen LogP contribution in [0.1, 0.15) is 18.9 Å². The van der Waals surface area contributed by atoms with Crippen LogP contribution in [0.2, 0.25) is 0 Å². The predicted molar refractivity (Wildman–Crippen MR) is 48.2 cm³/mol. The molecule has 0 bridgehead atoms. The molecule has 0 saturated carbocycles. The van der Waals surface area contributed by atoms with Gasteiger partial charge in [-0.1, -0.05) is 19.1 Å². The zero-order chi connectivity index (χ0) is 10.8. The van der Waals surface area contributed by atoms with E-state index in [0.717, 1.165) is 6.07 Å². The number of aliphatic hydroxyl groups is 1. The van der Waals surface area contributed by atoms with Crippen molar-refractivity contribution < 1.29 is 19.4 Å². The maximum Gasteiger partial charge on any atom is 0.340 e. The van der Waals surface area contributed by atoms with Crippen LogP contribution in [0.3, 0.4) is 0 Å². The highest BCUT2D eigenvalue weighted by molar-refractivity contribution is 5.78. The molecule has 0 saturated heterocycles. The Bertz CT molecular complexity index is 351. The second-order valence-corrected chi connectivity index (χ2v) is 3.03. The van der Waals surface area contributed by atoms with Crippen LogP contribution in [0.15, 0.2) is 24.3 Å². The van der Waals surface area contributed by atoms with Crippen molar-refractivity contribution in [2.24, 2.45) is 0 Å². The molecule has 0 amide bonds. The van der Waals surface area contributed by atoms with Crippen molar-refractivity contribution in [2.75, 3.05) is 0 Å². The van der Waals surface area contributed by atoms with E-state index in [1.807, 2.05) is 0 Å². The summed E-state index contributed by atoms with van der Waals surface area (Å²) in [6, 6.07) is 4.98. The van der Waals surface area contributed by atoms with Crippen molar-refractivity contribution in [3.8, 4) is 0 Å². The van der Waals surface area contributed by atoms with Crippen molar-refractivity contribution in [1.29, 1.82) is 0 Å². The van der Waals surface area contributed by atoms with Gasteiger partial charge < -0.3 is 10.2 Å². The second-order valence-electron chi connectivity index (χ2n) is 3.03. The lowest BCUT2D eigenvalue weighted by Crippen LogP contribution is -2.34. The van der Waals surface area contributed by atoms with E-state index in [1.54, 1.807) is 0 Å². The number of aliphatic carboxylic acids is 1. The molecule has 1 atom stereocenters. The highest BCUT2D eigenvalue weighted by atomic mass is 19.1. The summed E-state index contributed by atoms with van der Waals surface area (Å²) < 4.78 is 12.8. The summed E-state index contributed by atoms with van der Waals surface area (Å²) in [5, 5.41) is 18.5. The van der Waals surface area contributed by atoms with Crippen LogP contribution in [-0.4, -0.2) is 16.2 Å². The third-order valence-corrected chi connectivity index (χ3v) is 2.17. The minimum absolute atomic E-state index is 0.00815. The Hall–Kier alpha value is -1.42. The normalized spacial score (nSPS) is 14.8. The molecule has 0 aliphatic rings. The highest BCUT2D eigenvalue weighted by Gasteiger charge is 2.36. The standard InChI is InChI=1S/C10H11FO3/c1-2-10(14,9(12)13)7-4-3-5-8(11)6-7/h3-6,14H,2H2,1H3,(H,12,13)/t10-/m1/s1. The Kier molecular flexibility index (Phi) is 2.86. The number of rotatable bonds is 3. The van der Waals surface area contributed by atoms with Gasteiger partial charge in [0.15, 0.2) is 5.60 Å². The van der Waals surface area contributed by atoms with E-state index in [1.165, 1.54) is 25.1 Å². The molecule has 0 fully saturated rings. The zero-order valence-electron chi connectivity index (χ0n) is 7.70. The predicted octanol–water partition coefficient (Wildman–Crippen LogP) is 1.51. The fourth-order valence-electron chi connectivity index (χ4n) is 1.22. The Morgan fingerprint density at radius 1 is 1.57 bits per heavy atom. The van der Waals surface area contributed by atoms with Crippen LogP contribution in [0.25, 0.3) is 0 Å². The SMILES string of the molecule is CC[C@](O)(C(=O)O)c1cccc(F)c1. The van der Waals surface area contributed by atoms with Crippen molar-refractivity contribution in [3.05, 3.63) is 35.6 Å². The molecule has 0 heterocycles. The average molecular weight is 198 g/mol. The van der Waals surface area contributed by atoms with Crippen LogP contribution in [0, 0.1) is 5.82 Å². The van der Waals surface area contributed by atoms with Gasteiger partial charge in [0.1, 0.15) is 5.82 Å². The van der Waals surface area contributed by atoms with E-state index in [2.05, 4.69) is 0 Å². The van der Waals surface area contributed by atoms with Crippen LogP contribution < -0.4 is 0 Å². The number of hydrogen-bond donors (Lipinski definition) is 2. The summed E-state index contributed by atoms with van der Waals surface area (Å²) in [5.41, 5.74) is -1.94. The molecule has 0 aliphatic heterocycles. The van der Waals surface area contributed by atoms with Crippen molar-refractivity contribution in [2.45, 2.75) is 18.9 Å². The molecule has 14 heavy (non-hydrogen) atoms. The first-order valence-electron chi connectivity index (χ1n) is 4.22. The molecule has 1 aromatic carbocycles. The smallest absolute Gasteiger partial charge is 0.340 e. The van der Waals surface area contributed by atoms with Crippen LogP contribution >= 0.6 is 0 Å². The Balaban J connectivity index is 3.19. The van der Waals surface area contributed by atoms with Gasteiger partial charge in [-0.3, -0.25) is 0 Å². The summed E-state index contributed by atoms with van der Waals surface area (Å²) in [6.45, 7) is 1.53. The van der Waals surface area contributed by atoms with Gasteiger partial charge in [0.2, 0.25) is 0 Å². The van der Waals surface area contributed by atoms with Crippen LogP contribution in [0.4, 0.5) is 4.39 Å². The molecule has 3 nitrogen and oxygen atoms in total. The van der Waals surface area contributed by atoms with Gasteiger partial charge >= 0.3 is 5.97 Å². The molecular formula is C10H11FO3. The molecule has 1 aromatic rings. The van der Waals surface area contributed by atoms with Crippen molar-refractivity contribution >= 4 is 5.97 Å². The summed E-state index contributed by atoms with van der Waals surface area (Å²) in [5.74, 6) is -1.93. The number of carboxylic acid groups (broad SMARTS) is 1. The molecule has 2 N–H and O–H groups in total. The first-order valence-corrected chi connectivity index (χ1v) is 4.22. The van der Waals surface area contributed by atoms with Gasteiger partial charge in [-0.05, 0) is 24.1 Å². The van der Waals surface area contributed by atoms with Gasteiger partial charge in [-0.15, -0.1) is 0 Å². The van der Waals surface area contributed by atoms with Gasteiger partial charge in [0.05, 0.1) is 0 Å². The van der Waals surface area contributed by atoms with Gasteiger partial charge in [-0.2, -0.15) is 0 Å². The highest BCUT2D eigenvalue weighted by Crippen LogP contribution is 2.25. The molecule has 1 rings (SSSR count). The Morgan fingerprint density at radius 2 is 2.21 bits per heavy atom. The van der Waals surface area contributed by atoms with E-state index in [4.69, 9.17) is 5.11 Å². The summed E-state index contributed by atoms with van der Waals surface area (Å²) in [7, 11) is 0. The summed E-state index contributed by atoms with van der Waals surface area (Å²) in [6.07, 6.45) is -0.00815. The third kappa shape index (κ3) is 1.75. The molecule has 76 valence electrons. The largest absolute Gasteiger partial charge is 0.479 e. The van der Waals surface area contributed by atoms with Crippen molar-refractivity contribution in [1.82, 2.24) is 0 Å². The van der Waals surface area contributed by atoms with Crippen LogP contribution in [0.5, 0.6) is 0 Å². The number of carbonyl (C=O) groups is 1. The zero-order valence-corrected chi connectivity index (χ0v) is 7.70. The molecule has 0 spiro atoms. The van der Waals surface area contributed by atoms with Gasteiger partial charge in [-0.25, -0.2) is 9.18 Å². The van der Waals surface area contributed by atoms with E-state index >= 15 is 0 Å². The van der Waals surface area contributed by atoms with Gasteiger partial charge in [0, 0.05) is 0 Å². The minimum atomic E-state index is -2.00. The Morgan fingerprint density at radius 3 is 2.64 bits per heavy atom. The lowest BCUT2D eigenvalue weighted by Gasteiger charge is -2.21. The summed E-state index contributed by atoms with van der Waals surface area (Å²) in [4.78, 5) is 10.8. The molecule has 4 heteroatoms. The van der Waals surface area contributed by atoms with E-state index in [9.17, 15) is 14.3 Å². The second kappa shape index (κ2) is 3.75. The van der Waals surface area contributed by atoms with E-state index in [0.29, 0.717) is 0 Å². The number of halogens is 1. The van der Waals surface area contributed by atoms with Gasteiger partial charge in [0.25, 0.3) is 0 Å². The molecule has 0 unspecified atom stereocenters. The van der Waals surface area contributed by atoms with Crippen molar-refractivity contribution in [3.63, 3.8) is 0 Å². The first-order chi connectivity index (χ1) is 6.50. The number of carboxylic acids is 1. The molecular weight excluding hydrogens is 187 g/mol. The topological polar surface area (TPSA) is 57.5 Å². The van der Waals surface area contributed by atoms with Crippen LogP contribution in [-0.2, 0) is 10.4 Å². The monoisotopic (exact) mass is 198 g/mol. The maximum atomic E-state index is 12.8. The average Bonchev–Trinajstić information content (AvgIpc) is 2.16. The lowest BCUT2D eigenvalue weighted by molar-refractivity contribution is -0.160. The minimum Gasteiger partial charge on any atom is -0.479 e. The molecule has 0 aromatic heterocycles. The maximum absolute atomic E-state index is 12.8.